The summed E-state index contributed by atoms with van der Waals surface area (Å²) >= 11 is 0. The first kappa shape index (κ1) is 24.0. The van der Waals surface area contributed by atoms with Gasteiger partial charge in [-0.3, -0.25) is 5.10 Å². The van der Waals surface area contributed by atoms with Gasteiger partial charge in [-0.1, -0.05) is 36.4 Å². The van der Waals surface area contributed by atoms with E-state index in [0.29, 0.717) is 23.8 Å². The molecule has 0 fully saturated rings. The molecule has 5 rings (SSSR count). The smallest absolute Gasteiger partial charge is 0.244 e. The third kappa shape index (κ3) is 4.87. The molecule has 0 amide bonds. The minimum Gasteiger partial charge on any atom is -0.491 e. The molecule has 1 aliphatic rings. The lowest BCUT2D eigenvalue weighted by atomic mass is 9.83. The van der Waals surface area contributed by atoms with Crippen LogP contribution in [0.1, 0.15) is 42.0 Å². The normalized spacial score (nSPS) is 14.6. The highest BCUT2D eigenvalue weighted by Crippen LogP contribution is 2.46. The zero-order valence-corrected chi connectivity index (χ0v) is 21.0. The molecule has 0 radical (unpaired) electrons. The fourth-order valence-corrected chi connectivity index (χ4v) is 4.49. The topological polar surface area (TPSA) is 106 Å². The van der Waals surface area contributed by atoms with E-state index in [1.165, 1.54) is 5.56 Å². The first-order valence-electron chi connectivity index (χ1n) is 12.1. The van der Waals surface area contributed by atoms with Gasteiger partial charge in [-0.15, -0.1) is 5.10 Å². The molecule has 3 N–H and O–H groups in total. The number of ether oxygens (including phenoxy) is 3. The van der Waals surface area contributed by atoms with Crippen LogP contribution in [0.4, 0.5) is 0 Å². The summed E-state index contributed by atoms with van der Waals surface area (Å²) in [6, 6.07) is 25.8. The third-order valence-corrected chi connectivity index (χ3v) is 6.30. The van der Waals surface area contributed by atoms with Crippen molar-refractivity contribution in [3.63, 3.8) is 0 Å². The third-order valence-electron chi connectivity index (χ3n) is 6.30. The van der Waals surface area contributed by atoms with Gasteiger partial charge in [0.25, 0.3) is 0 Å². The maximum Gasteiger partial charge on any atom is 0.244 e. The molecule has 0 saturated heterocycles. The number of nitriles is 1. The van der Waals surface area contributed by atoms with Gasteiger partial charge in [0.05, 0.1) is 23.3 Å². The number of nitrogens with two attached hydrogens (primary N) is 1. The summed E-state index contributed by atoms with van der Waals surface area (Å²) in [5.41, 5.74) is 12.0. The predicted molar refractivity (Wildman–Crippen MR) is 141 cm³/mol. The summed E-state index contributed by atoms with van der Waals surface area (Å²) in [4.78, 5) is 0. The second-order valence-electron chi connectivity index (χ2n) is 9.22. The maximum atomic E-state index is 10.0. The molecule has 2 heterocycles. The van der Waals surface area contributed by atoms with Crippen LogP contribution < -0.4 is 19.9 Å². The second-order valence-corrected chi connectivity index (χ2v) is 9.22. The summed E-state index contributed by atoms with van der Waals surface area (Å²) < 4.78 is 17.7. The van der Waals surface area contributed by atoms with Crippen molar-refractivity contribution in [1.29, 1.82) is 5.26 Å². The van der Waals surface area contributed by atoms with E-state index in [9.17, 15) is 5.26 Å². The average Bonchev–Trinajstić information content (AvgIpc) is 3.31. The van der Waals surface area contributed by atoms with Crippen LogP contribution >= 0.6 is 0 Å². The van der Waals surface area contributed by atoms with Gasteiger partial charge in [-0.05, 0) is 73.9 Å². The van der Waals surface area contributed by atoms with Crippen LogP contribution in [-0.2, 0) is 6.61 Å². The SMILES string of the molecule is Cc1ccccc1COc1cccc(C2C(C#N)=C(N)Oc3n[nH]c(-c4ccc(OC(C)C)cc4)c32)c1. The van der Waals surface area contributed by atoms with E-state index >= 15 is 0 Å². The van der Waals surface area contributed by atoms with Gasteiger partial charge in [-0.25, -0.2) is 0 Å². The fourth-order valence-electron chi connectivity index (χ4n) is 4.49. The molecular weight excluding hydrogens is 464 g/mol. The van der Waals surface area contributed by atoms with Gasteiger partial charge in [0.2, 0.25) is 11.8 Å². The Kier molecular flexibility index (Phi) is 6.57. The van der Waals surface area contributed by atoms with Crippen LogP contribution in [0, 0.1) is 18.3 Å². The van der Waals surface area contributed by atoms with E-state index in [1.54, 1.807) is 0 Å². The summed E-state index contributed by atoms with van der Waals surface area (Å²) in [6.45, 7) is 6.48. The Bertz CT molecular complexity index is 1500. The lowest BCUT2D eigenvalue weighted by Gasteiger charge is -2.24. The summed E-state index contributed by atoms with van der Waals surface area (Å²) in [6.07, 6.45) is 0.0788. The van der Waals surface area contributed by atoms with Crippen molar-refractivity contribution in [2.75, 3.05) is 0 Å². The van der Waals surface area contributed by atoms with Crippen LogP contribution in [0.3, 0.4) is 0 Å². The number of H-pyrrole nitrogens is 1. The summed E-state index contributed by atoms with van der Waals surface area (Å²) in [5.74, 6) is 1.40. The van der Waals surface area contributed by atoms with Crippen LogP contribution in [0.25, 0.3) is 11.3 Å². The lowest BCUT2D eigenvalue weighted by Crippen LogP contribution is -2.21. The Morgan fingerprint density at radius 2 is 1.84 bits per heavy atom. The number of fused-ring (bicyclic) bond motifs is 1. The molecular formula is C30H28N4O3. The van der Waals surface area contributed by atoms with Crippen molar-refractivity contribution in [2.45, 2.75) is 39.4 Å². The first-order valence-corrected chi connectivity index (χ1v) is 12.1. The molecule has 37 heavy (non-hydrogen) atoms. The molecule has 1 unspecified atom stereocenters. The average molecular weight is 493 g/mol. The minimum absolute atomic E-state index is 0.0463. The standard InChI is InChI=1S/C30H28N4O3/c1-18(2)36-23-13-11-20(12-14-23)28-27-26(25(16-31)29(32)37-30(27)34-33-28)21-9-6-10-24(15-21)35-17-22-8-5-4-7-19(22)3/h4-15,18,26H,17,32H2,1-3H3,(H,33,34). The van der Waals surface area contributed by atoms with Gasteiger partial charge in [0.1, 0.15) is 29.7 Å². The molecule has 7 heteroatoms. The largest absolute Gasteiger partial charge is 0.491 e. The van der Waals surface area contributed by atoms with Crippen molar-refractivity contribution in [3.8, 4) is 34.7 Å². The van der Waals surface area contributed by atoms with Crippen LogP contribution in [0.15, 0.2) is 84.3 Å². The highest BCUT2D eigenvalue weighted by atomic mass is 16.5. The monoisotopic (exact) mass is 492 g/mol. The number of aromatic amines is 1. The molecule has 0 saturated carbocycles. The molecule has 1 aromatic heterocycles. The van der Waals surface area contributed by atoms with E-state index in [2.05, 4.69) is 35.3 Å². The molecule has 1 atom stereocenters. The zero-order chi connectivity index (χ0) is 25.9. The number of allylic oxidation sites excluding steroid dienone is 1. The molecule has 3 aromatic carbocycles. The Labute approximate surface area is 216 Å². The van der Waals surface area contributed by atoms with Gasteiger partial charge < -0.3 is 19.9 Å². The van der Waals surface area contributed by atoms with Gasteiger partial charge in [0.15, 0.2) is 0 Å². The van der Waals surface area contributed by atoms with Crippen molar-refractivity contribution in [2.24, 2.45) is 5.73 Å². The number of hydrogen-bond acceptors (Lipinski definition) is 6. The molecule has 1 aliphatic heterocycles. The molecule has 0 spiro atoms. The second kappa shape index (κ2) is 10.1. The van der Waals surface area contributed by atoms with Gasteiger partial charge in [-0.2, -0.15) is 5.26 Å². The Morgan fingerprint density at radius 1 is 1.05 bits per heavy atom. The van der Waals surface area contributed by atoms with E-state index < -0.39 is 5.92 Å². The van der Waals surface area contributed by atoms with Crippen LogP contribution in [0.2, 0.25) is 0 Å². The van der Waals surface area contributed by atoms with Crippen molar-refractivity contribution < 1.29 is 14.2 Å². The molecule has 0 bridgehead atoms. The van der Waals surface area contributed by atoms with Gasteiger partial charge in [0, 0.05) is 5.56 Å². The molecule has 7 nitrogen and oxygen atoms in total. The van der Waals surface area contributed by atoms with E-state index in [1.807, 2.05) is 74.5 Å². The number of aromatic nitrogens is 2. The number of aryl methyl sites for hydroxylation is 1. The van der Waals surface area contributed by atoms with Crippen LogP contribution in [0.5, 0.6) is 17.4 Å². The van der Waals surface area contributed by atoms with E-state index in [-0.39, 0.29) is 12.0 Å². The van der Waals surface area contributed by atoms with E-state index in [0.717, 1.165) is 33.7 Å². The Hall–Kier alpha value is -4.70. The van der Waals surface area contributed by atoms with E-state index in [4.69, 9.17) is 19.9 Å². The Balaban J connectivity index is 1.51. The summed E-state index contributed by atoms with van der Waals surface area (Å²) in [7, 11) is 0. The highest BCUT2D eigenvalue weighted by Gasteiger charge is 2.35. The fraction of sp³-hybridized carbons (Fsp3) is 0.200. The van der Waals surface area contributed by atoms with Crippen molar-refractivity contribution >= 4 is 0 Å². The minimum atomic E-state index is -0.476. The lowest BCUT2D eigenvalue weighted by molar-refractivity contribution is 0.242. The summed E-state index contributed by atoms with van der Waals surface area (Å²) in [5, 5.41) is 17.5. The first-order chi connectivity index (χ1) is 17.9. The highest BCUT2D eigenvalue weighted by molar-refractivity contribution is 5.71. The number of benzene rings is 3. The zero-order valence-electron chi connectivity index (χ0n) is 21.0. The molecule has 186 valence electrons. The maximum absolute atomic E-state index is 10.0. The number of hydrogen-bond donors (Lipinski definition) is 2. The number of rotatable bonds is 7. The number of nitrogens with one attached hydrogen (secondary N) is 1. The Morgan fingerprint density at radius 3 is 2.57 bits per heavy atom. The predicted octanol–water partition coefficient (Wildman–Crippen LogP) is 5.97. The molecule has 4 aromatic rings. The van der Waals surface area contributed by atoms with Crippen LogP contribution in [-0.4, -0.2) is 16.3 Å². The van der Waals surface area contributed by atoms with Gasteiger partial charge >= 0.3 is 0 Å². The molecule has 0 aliphatic carbocycles. The quantitative estimate of drug-likeness (QED) is 0.329. The van der Waals surface area contributed by atoms with Crippen molar-refractivity contribution in [1.82, 2.24) is 10.2 Å². The number of nitrogens with zero attached hydrogens (tertiary/aromatic N) is 2. The van der Waals surface area contributed by atoms with Crippen molar-refractivity contribution in [3.05, 3.63) is 107 Å².